The second kappa shape index (κ2) is 9.83. The van der Waals surface area contributed by atoms with Gasteiger partial charge in [0.05, 0.1) is 10.4 Å². The van der Waals surface area contributed by atoms with Gasteiger partial charge in [0.2, 0.25) is 0 Å². The molecule has 10 aromatic rings. The lowest BCUT2D eigenvalue weighted by Crippen LogP contribution is -2.10. The normalized spacial score (nSPS) is 11.9. The Labute approximate surface area is 268 Å². The first-order chi connectivity index (χ1) is 22.8. The molecule has 0 aliphatic carbocycles. The van der Waals surface area contributed by atoms with Gasteiger partial charge in [-0.2, -0.15) is 0 Å². The summed E-state index contributed by atoms with van der Waals surface area (Å²) in [5, 5.41) is 7.05. The van der Waals surface area contributed by atoms with E-state index < -0.39 is 0 Å². The largest absolute Gasteiger partial charge is 0.456 e. The summed E-state index contributed by atoms with van der Waals surface area (Å²) < 4.78 is 15.0. The van der Waals surface area contributed by atoms with Gasteiger partial charge in [0.15, 0.2) is 0 Å². The van der Waals surface area contributed by atoms with Crippen molar-refractivity contribution in [2.75, 3.05) is 4.90 Å². The second-order valence-electron chi connectivity index (χ2n) is 11.7. The van der Waals surface area contributed by atoms with Gasteiger partial charge in [-0.1, -0.05) is 91.0 Å². The minimum atomic E-state index is 0.888. The molecule has 4 heteroatoms. The van der Waals surface area contributed by atoms with Gasteiger partial charge in [0.1, 0.15) is 22.3 Å². The van der Waals surface area contributed by atoms with E-state index in [1.807, 2.05) is 29.5 Å². The number of benzene rings is 7. The van der Waals surface area contributed by atoms with Crippen LogP contribution in [-0.4, -0.2) is 0 Å². The lowest BCUT2D eigenvalue weighted by atomic mass is 10.0. The Bertz CT molecular complexity index is 2750. The van der Waals surface area contributed by atoms with Crippen LogP contribution in [0, 0.1) is 0 Å². The lowest BCUT2D eigenvalue weighted by molar-refractivity contribution is 0.668. The van der Waals surface area contributed by atoms with Gasteiger partial charge in [-0.05, 0) is 71.8 Å². The fraction of sp³-hybridized carbons (Fsp3) is 0. The molecule has 0 bridgehead atoms. The van der Waals surface area contributed by atoms with E-state index in [0.717, 1.165) is 55.6 Å². The van der Waals surface area contributed by atoms with Gasteiger partial charge in [0, 0.05) is 48.4 Å². The first-order valence-corrected chi connectivity index (χ1v) is 16.2. The Morgan fingerprint density at radius 1 is 0.391 bits per heavy atom. The average molecular weight is 608 g/mol. The molecule has 0 aliphatic rings. The fourth-order valence-corrected chi connectivity index (χ4v) is 8.30. The number of para-hydroxylation sites is 2. The van der Waals surface area contributed by atoms with Crippen LogP contribution in [0.3, 0.4) is 0 Å². The van der Waals surface area contributed by atoms with Gasteiger partial charge >= 0.3 is 0 Å². The number of thiophene rings is 1. The lowest BCUT2D eigenvalue weighted by Gasteiger charge is -2.26. The van der Waals surface area contributed by atoms with Crippen LogP contribution >= 0.6 is 11.3 Å². The predicted octanol–water partition coefficient (Wildman–Crippen LogP) is 13.0. The van der Waals surface area contributed by atoms with Gasteiger partial charge in [0.25, 0.3) is 0 Å². The van der Waals surface area contributed by atoms with Crippen molar-refractivity contribution in [1.29, 1.82) is 0 Å². The van der Waals surface area contributed by atoms with Crippen LogP contribution in [0.5, 0.6) is 0 Å². The SMILES string of the molecule is c1ccc(-c2ccc(N(c3ccc4oc5ccccc5c4c3)c3cccc4c3sc3c4ccc4oc5ccccc5c43)cc2)cc1. The van der Waals surface area contributed by atoms with E-state index in [9.17, 15) is 0 Å². The molecule has 7 aromatic carbocycles. The zero-order chi connectivity index (χ0) is 30.2. The van der Waals surface area contributed by atoms with E-state index in [4.69, 9.17) is 8.83 Å². The van der Waals surface area contributed by atoms with Crippen LogP contribution in [-0.2, 0) is 0 Å². The first kappa shape index (κ1) is 25.5. The summed E-state index contributed by atoms with van der Waals surface area (Å²) in [6.07, 6.45) is 0. The molecule has 0 radical (unpaired) electrons. The van der Waals surface area contributed by atoms with Gasteiger partial charge in [-0.15, -0.1) is 11.3 Å². The molecule has 0 atom stereocenters. The highest BCUT2D eigenvalue weighted by Gasteiger charge is 2.21. The molecule has 3 aromatic heterocycles. The summed E-state index contributed by atoms with van der Waals surface area (Å²) in [5.74, 6) is 0. The van der Waals surface area contributed by atoms with Crippen molar-refractivity contribution in [2.45, 2.75) is 0 Å². The molecule has 3 nitrogen and oxygen atoms in total. The molecule has 0 amide bonds. The average Bonchev–Trinajstić information content (AvgIpc) is 3.80. The van der Waals surface area contributed by atoms with E-state index in [0.29, 0.717) is 0 Å². The summed E-state index contributed by atoms with van der Waals surface area (Å²) >= 11 is 1.84. The Hall–Kier alpha value is -5.84. The number of anilines is 3. The third kappa shape index (κ3) is 3.77. The maximum atomic E-state index is 6.28. The smallest absolute Gasteiger partial charge is 0.136 e. The molecule has 0 spiro atoms. The zero-order valence-corrected chi connectivity index (χ0v) is 25.4. The second-order valence-corrected chi connectivity index (χ2v) is 12.7. The van der Waals surface area contributed by atoms with E-state index in [-0.39, 0.29) is 0 Å². The highest BCUT2D eigenvalue weighted by Crippen LogP contribution is 2.48. The molecular weight excluding hydrogens is 583 g/mol. The van der Waals surface area contributed by atoms with Gasteiger partial charge < -0.3 is 13.7 Å². The van der Waals surface area contributed by atoms with E-state index in [2.05, 4.69) is 138 Å². The van der Waals surface area contributed by atoms with Crippen molar-refractivity contribution in [3.63, 3.8) is 0 Å². The Morgan fingerprint density at radius 2 is 1.00 bits per heavy atom. The molecule has 3 heterocycles. The third-order valence-electron chi connectivity index (χ3n) is 9.08. The summed E-state index contributed by atoms with van der Waals surface area (Å²) in [4.78, 5) is 2.39. The van der Waals surface area contributed by atoms with Crippen molar-refractivity contribution in [3.05, 3.63) is 152 Å². The van der Waals surface area contributed by atoms with Crippen molar-refractivity contribution in [3.8, 4) is 11.1 Å². The van der Waals surface area contributed by atoms with Crippen LogP contribution < -0.4 is 4.90 Å². The first-order valence-electron chi connectivity index (χ1n) is 15.4. The quantitative estimate of drug-likeness (QED) is 0.199. The predicted molar refractivity (Wildman–Crippen MR) is 194 cm³/mol. The van der Waals surface area contributed by atoms with Crippen molar-refractivity contribution >= 4 is 92.4 Å². The minimum absolute atomic E-state index is 0.888. The van der Waals surface area contributed by atoms with E-state index in [1.165, 1.54) is 36.7 Å². The molecule has 0 fully saturated rings. The summed E-state index contributed by atoms with van der Waals surface area (Å²) in [7, 11) is 0. The monoisotopic (exact) mass is 607 g/mol. The van der Waals surface area contributed by atoms with Gasteiger partial charge in [-0.25, -0.2) is 0 Å². The van der Waals surface area contributed by atoms with E-state index in [1.54, 1.807) is 0 Å². The third-order valence-corrected chi connectivity index (χ3v) is 10.3. The standard InChI is InChI=1S/C42H25NO2S/c1-2-9-26(10-3-1)27-17-19-28(20-18-27)43(29-21-23-38-34(25-29)30-11-4-6-15-36(30)44-38)35-14-8-13-31-32-22-24-39-40(42(32)46-41(31)35)33-12-5-7-16-37(33)45-39/h1-25H. The van der Waals surface area contributed by atoms with E-state index >= 15 is 0 Å². The van der Waals surface area contributed by atoms with Crippen LogP contribution in [0.25, 0.3) is 75.2 Å². The molecular formula is C42H25NO2S. The van der Waals surface area contributed by atoms with Crippen LogP contribution in [0.2, 0.25) is 0 Å². The highest BCUT2D eigenvalue weighted by atomic mass is 32.1. The number of rotatable bonds is 4. The Morgan fingerprint density at radius 3 is 1.85 bits per heavy atom. The van der Waals surface area contributed by atoms with Crippen LogP contribution in [0.4, 0.5) is 17.1 Å². The van der Waals surface area contributed by atoms with Crippen LogP contribution in [0.1, 0.15) is 0 Å². The topological polar surface area (TPSA) is 29.5 Å². The van der Waals surface area contributed by atoms with Crippen molar-refractivity contribution in [2.24, 2.45) is 0 Å². The number of hydrogen-bond acceptors (Lipinski definition) is 4. The molecule has 0 aliphatic heterocycles. The van der Waals surface area contributed by atoms with Crippen molar-refractivity contribution < 1.29 is 8.83 Å². The molecule has 10 rings (SSSR count). The molecule has 0 saturated heterocycles. The molecule has 0 N–H and O–H groups in total. The Balaban J connectivity index is 1.24. The molecule has 46 heavy (non-hydrogen) atoms. The van der Waals surface area contributed by atoms with Gasteiger partial charge in [-0.3, -0.25) is 0 Å². The summed E-state index contributed by atoms with van der Waals surface area (Å²) in [5.41, 5.74) is 9.33. The highest BCUT2D eigenvalue weighted by molar-refractivity contribution is 7.27. The number of nitrogens with zero attached hydrogens (tertiary/aromatic N) is 1. The maximum absolute atomic E-state index is 6.28. The summed E-state index contributed by atoms with van der Waals surface area (Å²) in [6.45, 7) is 0. The number of furan rings is 2. The molecule has 0 saturated carbocycles. The molecule has 216 valence electrons. The zero-order valence-electron chi connectivity index (χ0n) is 24.6. The summed E-state index contributed by atoms with van der Waals surface area (Å²) in [6, 6.07) is 53.6. The maximum Gasteiger partial charge on any atom is 0.136 e. The minimum Gasteiger partial charge on any atom is -0.456 e. The van der Waals surface area contributed by atoms with Crippen molar-refractivity contribution in [1.82, 2.24) is 0 Å². The van der Waals surface area contributed by atoms with Crippen LogP contribution in [0.15, 0.2) is 160 Å². The molecule has 0 unspecified atom stereocenters. The Kier molecular flexibility index (Phi) is 5.45. The number of fused-ring (bicyclic) bond motifs is 10. The number of hydrogen-bond donors (Lipinski definition) is 0. The fourth-order valence-electron chi connectivity index (χ4n) is 6.94.